The lowest BCUT2D eigenvalue weighted by molar-refractivity contribution is 0.452. The lowest BCUT2D eigenvalue weighted by atomic mass is 10.1. The molecule has 2 N–H and O–H groups in total. The van der Waals surface area contributed by atoms with Gasteiger partial charge in [0.25, 0.3) is 0 Å². The maximum Gasteiger partial charge on any atom is 0.218 e. The van der Waals surface area contributed by atoms with Crippen molar-refractivity contribution in [2.75, 3.05) is 13.6 Å². The molecule has 0 spiro atoms. The molecule has 0 bridgehead atoms. The molecule has 0 saturated heterocycles. The molecule has 0 aromatic heterocycles. The molecule has 0 radical (unpaired) electrons. The molecule has 0 atom stereocenters. The van der Waals surface area contributed by atoms with E-state index in [1.54, 1.807) is 7.05 Å². The largest absolute Gasteiger partial charge is 0.326 e. The Kier molecular flexibility index (Phi) is 4.04. The maximum atomic E-state index is 12.1. The second kappa shape index (κ2) is 5.38. The lowest BCUT2D eigenvalue weighted by Crippen LogP contribution is -2.30. The van der Waals surface area contributed by atoms with Crippen LogP contribution in [0.5, 0.6) is 0 Å². The number of rotatable bonds is 6. The summed E-state index contributed by atoms with van der Waals surface area (Å²) in [4.78, 5) is 0. The van der Waals surface area contributed by atoms with Crippen LogP contribution in [0.2, 0.25) is 0 Å². The summed E-state index contributed by atoms with van der Waals surface area (Å²) in [6, 6.07) is 7.44. The quantitative estimate of drug-likeness (QED) is 0.846. The highest BCUT2D eigenvalue weighted by atomic mass is 32.2. The van der Waals surface area contributed by atoms with Gasteiger partial charge >= 0.3 is 0 Å². The minimum atomic E-state index is -3.19. The molecule has 1 saturated carbocycles. The summed E-state index contributed by atoms with van der Waals surface area (Å²) in [6.45, 7) is 1.14. The third-order valence-electron chi connectivity index (χ3n) is 3.29. The molecule has 2 rings (SSSR count). The molecule has 1 aliphatic carbocycles. The Morgan fingerprint density at radius 1 is 1.22 bits per heavy atom. The average molecular weight is 268 g/mol. The standard InChI is InChI=1S/C13H20N2O2S/c1-15(9-12-4-5-12)18(16,17)10-13-6-2-11(8-14)3-7-13/h2-3,6-7,12H,4-5,8-10,14H2,1H3. The van der Waals surface area contributed by atoms with E-state index in [1.165, 1.54) is 4.31 Å². The summed E-state index contributed by atoms with van der Waals surface area (Å²) in [7, 11) is -1.52. The van der Waals surface area contributed by atoms with Crippen molar-refractivity contribution in [1.29, 1.82) is 0 Å². The van der Waals surface area contributed by atoms with Crippen molar-refractivity contribution in [2.45, 2.75) is 25.1 Å². The number of sulfonamides is 1. The minimum absolute atomic E-state index is 0.0705. The fourth-order valence-electron chi connectivity index (χ4n) is 1.87. The first-order valence-corrected chi connectivity index (χ1v) is 7.84. The van der Waals surface area contributed by atoms with E-state index >= 15 is 0 Å². The van der Waals surface area contributed by atoms with Gasteiger partial charge < -0.3 is 5.73 Å². The Labute approximate surface area is 109 Å². The lowest BCUT2D eigenvalue weighted by Gasteiger charge is -2.16. The fourth-order valence-corrected chi connectivity index (χ4v) is 3.14. The van der Waals surface area contributed by atoms with Crippen LogP contribution in [0, 0.1) is 5.92 Å². The molecule has 0 aliphatic heterocycles. The van der Waals surface area contributed by atoms with E-state index < -0.39 is 10.0 Å². The molecule has 0 amide bonds. The van der Waals surface area contributed by atoms with Gasteiger partial charge in [-0.05, 0) is 29.9 Å². The van der Waals surface area contributed by atoms with Crippen molar-refractivity contribution in [3.05, 3.63) is 35.4 Å². The molecule has 1 aromatic rings. The Morgan fingerprint density at radius 3 is 2.28 bits per heavy atom. The Bertz CT molecular complexity index is 492. The number of nitrogens with zero attached hydrogens (tertiary/aromatic N) is 1. The first-order valence-electron chi connectivity index (χ1n) is 6.23. The number of benzene rings is 1. The van der Waals surface area contributed by atoms with E-state index in [2.05, 4.69) is 0 Å². The topological polar surface area (TPSA) is 63.4 Å². The Balaban J connectivity index is 2.01. The normalized spacial score (nSPS) is 16.2. The molecular formula is C13H20N2O2S. The zero-order chi connectivity index (χ0) is 13.2. The van der Waals surface area contributed by atoms with Crippen LogP contribution in [0.1, 0.15) is 24.0 Å². The molecule has 18 heavy (non-hydrogen) atoms. The van der Waals surface area contributed by atoms with E-state index in [1.807, 2.05) is 24.3 Å². The molecule has 1 fully saturated rings. The molecule has 5 heteroatoms. The van der Waals surface area contributed by atoms with Gasteiger partial charge in [0.15, 0.2) is 0 Å². The summed E-state index contributed by atoms with van der Waals surface area (Å²) in [5, 5.41) is 0. The first kappa shape index (κ1) is 13.5. The summed E-state index contributed by atoms with van der Waals surface area (Å²) in [5.41, 5.74) is 7.34. The average Bonchev–Trinajstić information content (AvgIpc) is 3.13. The van der Waals surface area contributed by atoms with Crippen LogP contribution in [0.3, 0.4) is 0 Å². The second-order valence-electron chi connectivity index (χ2n) is 5.00. The van der Waals surface area contributed by atoms with Crippen LogP contribution < -0.4 is 5.73 Å². The van der Waals surface area contributed by atoms with Crippen LogP contribution >= 0.6 is 0 Å². The second-order valence-corrected chi connectivity index (χ2v) is 7.08. The highest BCUT2D eigenvalue weighted by Gasteiger charge is 2.28. The monoisotopic (exact) mass is 268 g/mol. The summed E-state index contributed by atoms with van der Waals surface area (Å²) >= 11 is 0. The van der Waals surface area contributed by atoms with Gasteiger partial charge in [-0.3, -0.25) is 0 Å². The van der Waals surface area contributed by atoms with E-state index in [-0.39, 0.29) is 5.75 Å². The highest BCUT2D eigenvalue weighted by Crippen LogP contribution is 2.30. The van der Waals surface area contributed by atoms with Gasteiger partial charge in [0.2, 0.25) is 10.0 Å². The first-order chi connectivity index (χ1) is 8.51. The van der Waals surface area contributed by atoms with Crippen molar-refractivity contribution in [1.82, 2.24) is 4.31 Å². The van der Waals surface area contributed by atoms with Crippen molar-refractivity contribution < 1.29 is 8.42 Å². The summed E-state index contributed by atoms with van der Waals surface area (Å²) in [5.74, 6) is 0.644. The van der Waals surface area contributed by atoms with E-state index in [0.29, 0.717) is 19.0 Å². The van der Waals surface area contributed by atoms with Crippen molar-refractivity contribution in [2.24, 2.45) is 11.7 Å². The molecule has 1 aliphatic rings. The Hall–Kier alpha value is -0.910. The summed E-state index contributed by atoms with van der Waals surface area (Å²) < 4.78 is 25.7. The molecular weight excluding hydrogens is 248 g/mol. The van der Waals surface area contributed by atoms with Crippen LogP contribution in [-0.2, 0) is 22.3 Å². The van der Waals surface area contributed by atoms with Gasteiger partial charge in [-0.25, -0.2) is 12.7 Å². The maximum absolute atomic E-state index is 12.1. The van der Waals surface area contributed by atoms with Gasteiger partial charge in [0.05, 0.1) is 5.75 Å². The van der Waals surface area contributed by atoms with Crippen LogP contribution in [-0.4, -0.2) is 26.3 Å². The molecule has 0 heterocycles. The van der Waals surface area contributed by atoms with E-state index in [0.717, 1.165) is 24.0 Å². The van der Waals surface area contributed by atoms with E-state index in [4.69, 9.17) is 5.73 Å². The van der Waals surface area contributed by atoms with E-state index in [9.17, 15) is 8.42 Å². The van der Waals surface area contributed by atoms with Crippen LogP contribution in [0.25, 0.3) is 0 Å². The SMILES string of the molecule is CN(CC1CC1)S(=O)(=O)Cc1ccc(CN)cc1. The predicted molar refractivity (Wildman–Crippen MR) is 72.3 cm³/mol. The number of hydrogen-bond donors (Lipinski definition) is 1. The van der Waals surface area contributed by atoms with Crippen molar-refractivity contribution in [3.8, 4) is 0 Å². The molecule has 1 aromatic carbocycles. The van der Waals surface area contributed by atoms with Gasteiger partial charge in [-0.1, -0.05) is 24.3 Å². The fraction of sp³-hybridized carbons (Fsp3) is 0.538. The molecule has 4 nitrogen and oxygen atoms in total. The zero-order valence-corrected chi connectivity index (χ0v) is 11.5. The van der Waals surface area contributed by atoms with Crippen LogP contribution in [0.15, 0.2) is 24.3 Å². The zero-order valence-electron chi connectivity index (χ0n) is 10.7. The van der Waals surface area contributed by atoms with Gasteiger partial charge in [-0.2, -0.15) is 0 Å². The van der Waals surface area contributed by atoms with Crippen molar-refractivity contribution >= 4 is 10.0 Å². The van der Waals surface area contributed by atoms with Gasteiger partial charge in [0, 0.05) is 20.1 Å². The predicted octanol–water partition coefficient (Wildman–Crippen LogP) is 1.32. The third kappa shape index (κ3) is 3.54. The molecule has 100 valence electrons. The third-order valence-corrected chi connectivity index (χ3v) is 5.09. The number of nitrogens with two attached hydrogens (primary N) is 1. The highest BCUT2D eigenvalue weighted by molar-refractivity contribution is 7.88. The smallest absolute Gasteiger partial charge is 0.218 e. The van der Waals surface area contributed by atoms with Crippen LogP contribution in [0.4, 0.5) is 0 Å². The summed E-state index contributed by atoms with van der Waals surface area (Å²) in [6.07, 6.45) is 2.32. The van der Waals surface area contributed by atoms with Crippen molar-refractivity contribution in [3.63, 3.8) is 0 Å². The molecule has 0 unspecified atom stereocenters. The number of hydrogen-bond acceptors (Lipinski definition) is 3. The van der Waals surface area contributed by atoms with Gasteiger partial charge in [0.1, 0.15) is 0 Å². The minimum Gasteiger partial charge on any atom is -0.326 e. The van der Waals surface area contributed by atoms with Gasteiger partial charge in [-0.15, -0.1) is 0 Å². The Morgan fingerprint density at radius 2 is 1.78 bits per heavy atom.